The van der Waals surface area contributed by atoms with Crippen LogP contribution in [-0.2, 0) is 11.4 Å². The second-order valence-electron chi connectivity index (χ2n) is 4.56. The highest BCUT2D eigenvalue weighted by Crippen LogP contribution is 2.21. The van der Waals surface area contributed by atoms with Crippen LogP contribution in [0.1, 0.15) is 20.8 Å². The number of hydrogen-bond acceptors (Lipinski definition) is 3. The minimum absolute atomic E-state index is 0.0986. The van der Waals surface area contributed by atoms with Gasteiger partial charge in [-0.3, -0.25) is 0 Å². The average Bonchev–Trinajstić information content (AvgIpc) is 2.02. The SMILES string of the molecule is C[Si@H]1CNCCN1[S+]([O-])C(C)(C)C. The molecule has 0 aromatic heterocycles. The molecule has 5 heteroatoms. The predicted octanol–water partition coefficient (Wildman–Crippen LogP) is 0.247. The molecule has 13 heavy (non-hydrogen) atoms. The van der Waals surface area contributed by atoms with Crippen LogP contribution in [0, 0.1) is 0 Å². The number of nitrogens with one attached hydrogen (secondary N) is 1. The highest BCUT2D eigenvalue weighted by Gasteiger charge is 2.37. The minimum atomic E-state index is -0.945. The largest absolute Gasteiger partial charge is 0.598 e. The maximum absolute atomic E-state index is 12.1. The van der Waals surface area contributed by atoms with E-state index in [-0.39, 0.29) is 4.75 Å². The van der Waals surface area contributed by atoms with E-state index in [1.165, 1.54) is 0 Å². The monoisotopic (exact) mass is 220 g/mol. The van der Waals surface area contributed by atoms with Crippen LogP contribution in [0.25, 0.3) is 0 Å². The molecule has 1 rings (SSSR count). The van der Waals surface area contributed by atoms with Crippen molar-refractivity contribution >= 4 is 20.3 Å². The molecule has 1 heterocycles. The highest BCUT2D eigenvalue weighted by molar-refractivity contribution is 7.91. The molecule has 0 bridgehead atoms. The van der Waals surface area contributed by atoms with Gasteiger partial charge in [0, 0.05) is 30.6 Å². The Labute approximate surface area is 85.9 Å². The van der Waals surface area contributed by atoms with Crippen LogP contribution in [0.4, 0.5) is 0 Å². The van der Waals surface area contributed by atoms with Crippen LogP contribution in [0.5, 0.6) is 0 Å². The molecule has 0 amide bonds. The fraction of sp³-hybridized carbons (Fsp3) is 1.00. The Morgan fingerprint density at radius 3 is 2.54 bits per heavy atom. The quantitative estimate of drug-likeness (QED) is 0.508. The van der Waals surface area contributed by atoms with Crippen LogP contribution in [0.3, 0.4) is 0 Å². The molecule has 3 nitrogen and oxygen atoms in total. The summed E-state index contributed by atoms with van der Waals surface area (Å²) in [5.41, 5.74) is 0. The standard InChI is InChI=1S/C8H20N2OSSi/c1-8(2,3)12(11)10-6-5-9-7-13(10)4/h9,13H,5-7H2,1-4H3/t12?,13-/m0/s1. The van der Waals surface area contributed by atoms with Gasteiger partial charge in [0.2, 0.25) is 0 Å². The van der Waals surface area contributed by atoms with Gasteiger partial charge < -0.3 is 9.87 Å². The third-order valence-electron chi connectivity index (χ3n) is 2.18. The zero-order chi connectivity index (χ0) is 10.1. The summed E-state index contributed by atoms with van der Waals surface area (Å²) in [5, 5.41) is 3.36. The molecule has 78 valence electrons. The van der Waals surface area contributed by atoms with Gasteiger partial charge in [0.1, 0.15) is 4.75 Å². The smallest absolute Gasteiger partial charge is 0.183 e. The van der Waals surface area contributed by atoms with E-state index < -0.39 is 20.3 Å². The lowest BCUT2D eigenvalue weighted by Crippen LogP contribution is -2.58. The van der Waals surface area contributed by atoms with Gasteiger partial charge in [-0.2, -0.15) is 3.97 Å². The molecular formula is C8H20N2OSSi. The molecule has 1 aliphatic heterocycles. The summed E-state index contributed by atoms with van der Waals surface area (Å²) in [4.78, 5) is 0. The topological polar surface area (TPSA) is 38.3 Å². The zero-order valence-corrected chi connectivity index (χ0v) is 10.9. The molecule has 1 N–H and O–H groups in total. The molecule has 0 radical (unpaired) electrons. The lowest BCUT2D eigenvalue weighted by molar-refractivity contribution is 0.473. The summed E-state index contributed by atoms with van der Waals surface area (Å²) in [6.07, 6.45) is 1.09. The molecule has 1 unspecified atom stereocenters. The predicted molar refractivity (Wildman–Crippen MR) is 60.5 cm³/mol. The lowest BCUT2D eigenvalue weighted by Gasteiger charge is -2.38. The summed E-state index contributed by atoms with van der Waals surface area (Å²) < 4.78 is 14.2. The lowest BCUT2D eigenvalue weighted by atomic mass is 10.3. The van der Waals surface area contributed by atoms with Gasteiger partial charge in [-0.25, -0.2) is 0 Å². The van der Waals surface area contributed by atoms with Crippen LogP contribution in [-0.4, -0.2) is 41.5 Å². The number of hydrogen-bond donors (Lipinski definition) is 1. The normalized spacial score (nSPS) is 28.8. The van der Waals surface area contributed by atoms with E-state index in [1.54, 1.807) is 0 Å². The van der Waals surface area contributed by atoms with Gasteiger partial charge in [-0.15, -0.1) is 0 Å². The third-order valence-corrected chi connectivity index (χ3v) is 7.61. The van der Waals surface area contributed by atoms with Crippen molar-refractivity contribution in [3.8, 4) is 0 Å². The van der Waals surface area contributed by atoms with Crippen LogP contribution >= 0.6 is 0 Å². The molecule has 0 aliphatic carbocycles. The van der Waals surface area contributed by atoms with E-state index in [0.29, 0.717) is 0 Å². The molecule has 1 aliphatic rings. The highest BCUT2D eigenvalue weighted by atomic mass is 32.2. The first-order valence-electron chi connectivity index (χ1n) is 4.82. The van der Waals surface area contributed by atoms with Gasteiger partial charge in [0.05, 0.1) is 0 Å². The van der Waals surface area contributed by atoms with Crippen molar-refractivity contribution in [3.63, 3.8) is 0 Å². The Morgan fingerprint density at radius 1 is 1.46 bits per heavy atom. The minimum Gasteiger partial charge on any atom is -0.598 e. The van der Waals surface area contributed by atoms with Crippen molar-refractivity contribution < 1.29 is 4.55 Å². The maximum Gasteiger partial charge on any atom is 0.183 e. The number of nitrogens with zero attached hydrogens (tertiary/aromatic N) is 1. The second-order valence-corrected chi connectivity index (χ2v) is 9.85. The van der Waals surface area contributed by atoms with Crippen molar-refractivity contribution in [2.75, 3.05) is 19.3 Å². The molecule has 1 fully saturated rings. The average molecular weight is 220 g/mol. The van der Waals surface area contributed by atoms with Crippen molar-refractivity contribution in [2.45, 2.75) is 32.1 Å². The first-order valence-corrected chi connectivity index (χ1v) is 8.41. The van der Waals surface area contributed by atoms with Crippen LogP contribution in [0.2, 0.25) is 6.55 Å². The van der Waals surface area contributed by atoms with E-state index in [0.717, 1.165) is 19.3 Å². The summed E-state index contributed by atoms with van der Waals surface area (Å²) in [6.45, 7) is 10.3. The summed E-state index contributed by atoms with van der Waals surface area (Å²) in [5.74, 6) is 0. The van der Waals surface area contributed by atoms with Gasteiger partial charge in [-0.05, 0) is 20.8 Å². The van der Waals surface area contributed by atoms with Crippen molar-refractivity contribution in [1.82, 2.24) is 9.29 Å². The van der Waals surface area contributed by atoms with Gasteiger partial charge >= 0.3 is 0 Å². The molecule has 0 saturated carbocycles. The summed E-state index contributed by atoms with van der Waals surface area (Å²) in [7, 11) is -0.945. The Kier molecular flexibility index (Phi) is 3.82. The molecule has 0 aromatic carbocycles. The van der Waals surface area contributed by atoms with Gasteiger partial charge in [-0.1, -0.05) is 6.55 Å². The third kappa shape index (κ3) is 2.95. The molecule has 2 atom stereocenters. The Hall–Kier alpha value is 0.447. The Morgan fingerprint density at radius 2 is 2.08 bits per heavy atom. The fourth-order valence-electron chi connectivity index (χ4n) is 1.42. The van der Waals surface area contributed by atoms with Crippen LogP contribution in [0.15, 0.2) is 0 Å². The Balaban J connectivity index is 2.58. The first-order chi connectivity index (χ1) is 5.93. The molecule has 0 spiro atoms. The van der Waals surface area contributed by atoms with Crippen molar-refractivity contribution in [3.05, 3.63) is 0 Å². The van der Waals surface area contributed by atoms with E-state index in [9.17, 15) is 4.55 Å². The van der Waals surface area contributed by atoms with Crippen molar-refractivity contribution in [2.24, 2.45) is 0 Å². The number of rotatable bonds is 1. The fourth-order valence-corrected chi connectivity index (χ4v) is 6.26. The first kappa shape index (κ1) is 11.5. The van der Waals surface area contributed by atoms with Gasteiger partial charge in [0.25, 0.3) is 0 Å². The summed E-state index contributed by atoms with van der Waals surface area (Å²) in [6, 6.07) is 0. The van der Waals surface area contributed by atoms with Gasteiger partial charge in [0.15, 0.2) is 8.96 Å². The maximum atomic E-state index is 12.1. The molecular weight excluding hydrogens is 200 g/mol. The van der Waals surface area contributed by atoms with E-state index in [2.05, 4.69) is 15.8 Å². The zero-order valence-electron chi connectivity index (χ0n) is 8.96. The van der Waals surface area contributed by atoms with Crippen LogP contribution < -0.4 is 5.32 Å². The van der Waals surface area contributed by atoms with E-state index in [1.807, 2.05) is 20.8 Å². The molecule has 0 aromatic rings. The Bertz CT molecular complexity index is 174. The van der Waals surface area contributed by atoms with E-state index >= 15 is 0 Å². The molecule has 1 saturated heterocycles. The van der Waals surface area contributed by atoms with Crippen molar-refractivity contribution in [1.29, 1.82) is 0 Å². The van der Waals surface area contributed by atoms with E-state index in [4.69, 9.17) is 0 Å². The summed E-state index contributed by atoms with van der Waals surface area (Å²) >= 11 is -0.799. The second kappa shape index (κ2) is 4.31.